The van der Waals surface area contributed by atoms with Gasteiger partial charge in [0.05, 0.1) is 5.69 Å². The summed E-state index contributed by atoms with van der Waals surface area (Å²) in [5.41, 5.74) is 0.0431. The predicted molar refractivity (Wildman–Crippen MR) is 74.8 cm³/mol. The van der Waals surface area contributed by atoms with E-state index in [1.807, 2.05) is 43.4 Å². The minimum atomic E-state index is -3.20. The van der Waals surface area contributed by atoms with Gasteiger partial charge in [0, 0.05) is 11.7 Å². The van der Waals surface area contributed by atoms with Gasteiger partial charge in [-0.3, -0.25) is 4.79 Å². The van der Waals surface area contributed by atoms with Crippen LogP contribution in [0.25, 0.3) is 0 Å². The van der Waals surface area contributed by atoms with Crippen molar-refractivity contribution >= 4 is 32.4 Å². The van der Waals surface area contributed by atoms with Gasteiger partial charge in [-0.1, -0.05) is 20.8 Å². The molecule has 0 saturated heterocycles. The molecule has 0 aliphatic heterocycles. The summed E-state index contributed by atoms with van der Waals surface area (Å²) in [6.45, 7) is 5.80. The number of sulfone groups is 1. The van der Waals surface area contributed by atoms with Crippen LogP contribution in [0.15, 0.2) is 4.79 Å². The maximum Gasteiger partial charge on any atom is 0.264 e. The topological polar surface area (TPSA) is 79.9 Å². The summed E-state index contributed by atoms with van der Waals surface area (Å²) in [5, 5.41) is 0. The van der Waals surface area contributed by atoms with E-state index in [4.69, 9.17) is 0 Å². The Balaban J connectivity index is 3.40. The third kappa shape index (κ3) is 4.06. The summed E-state index contributed by atoms with van der Waals surface area (Å²) in [6.07, 6.45) is 1.11. The van der Waals surface area contributed by atoms with Crippen LogP contribution in [-0.2, 0) is 21.0 Å². The molecule has 0 spiro atoms. The lowest BCUT2D eigenvalue weighted by Gasteiger charge is -2.19. The Labute approximate surface area is 114 Å². The van der Waals surface area contributed by atoms with Crippen molar-refractivity contribution in [1.29, 1.82) is 0 Å². The van der Waals surface area contributed by atoms with Crippen LogP contribution in [0.2, 0.25) is 0 Å². The minimum Gasteiger partial charge on any atom is -0.309 e. The zero-order valence-corrected chi connectivity index (χ0v) is 13.1. The predicted octanol–water partition coefficient (Wildman–Crippen LogP) is 1.22. The average Bonchev–Trinajstić information content (AvgIpc) is 2.06. The summed E-state index contributed by atoms with van der Waals surface area (Å²) in [6, 6.07) is 0. The van der Waals surface area contributed by atoms with Crippen molar-refractivity contribution in [2.75, 3.05) is 6.26 Å². The van der Waals surface area contributed by atoms with E-state index >= 15 is 0 Å². The maximum absolute atomic E-state index is 11.7. The number of hydrogen-bond acceptors (Lipinski definition) is 4. The monoisotopic (exact) mass is 370 g/mol. The van der Waals surface area contributed by atoms with Gasteiger partial charge < -0.3 is 4.98 Å². The van der Waals surface area contributed by atoms with E-state index < -0.39 is 9.84 Å². The number of halogens is 1. The molecule has 0 aliphatic rings. The fourth-order valence-corrected chi connectivity index (χ4v) is 3.02. The Morgan fingerprint density at radius 2 is 1.88 bits per heavy atom. The number of rotatable bonds is 2. The van der Waals surface area contributed by atoms with Crippen molar-refractivity contribution in [1.82, 2.24) is 9.97 Å². The third-order valence-electron chi connectivity index (χ3n) is 2.02. The number of nitrogens with zero attached hydrogens (tertiary/aromatic N) is 1. The molecule has 0 saturated carbocycles. The number of H-pyrrole nitrogens is 1. The van der Waals surface area contributed by atoms with Crippen LogP contribution in [0.3, 0.4) is 0 Å². The minimum absolute atomic E-state index is 0.197. The number of aromatic amines is 1. The molecule has 5 nitrogen and oxygen atoms in total. The first-order chi connectivity index (χ1) is 7.50. The summed E-state index contributed by atoms with van der Waals surface area (Å²) in [5.74, 6) is -0.0507. The molecule has 0 radical (unpaired) electrons. The molecule has 1 aromatic heterocycles. The molecular weight excluding hydrogens is 355 g/mol. The maximum atomic E-state index is 11.7. The molecule has 0 bridgehead atoms. The van der Waals surface area contributed by atoms with E-state index in [1.165, 1.54) is 0 Å². The van der Waals surface area contributed by atoms with E-state index in [0.717, 1.165) is 6.26 Å². The Hall–Kier alpha value is -0.440. The van der Waals surface area contributed by atoms with Crippen LogP contribution in [0.4, 0.5) is 0 Å². The van der Waals surface area contributed by atoms with Gasteiger partial charge in [0.1, 0.15) is 15.1 Å². The van der Waals surface area contributed by atoms with Gasteiger partial charge in [-0.05, 0) is 22.6 Å². The van der Waals surface area contributed by atoms with Crippen molar-refractivity contribution in [2.24, 2.45) is 0 Å². The molecule has 7 heteroatoms. The first-order valence-corrected chi connectivity index (χ1v) is 8.11. The van der Waals surface area contributed by atoms with E-state index in [1.54, 1.807) is 0 Å². The standard InChI is InChI=1S/C10H15IN2O3S/c1-10(2,3)8-7(11)9(14)13-6(12-8)5-17(4,15)16/h5H2,1-4H3,(H,12,13,14). The molecular formula is C10H15IN2O3S. The molecule has 0 unspecified atom stereocenters. The zero-order valence-electron chi connectivity index (χ0n) is 10.2. The second-order valence-electron chi connectivity index (χ2n) is 5.00. The SMILES string of the molecule is CC(C)(C)c1nc(CS(C)(=O)=O)[nH]c(=O)c1I. The van der Waals surface area contributed by atoms with E-state index in [0.29, 0.717) is 9.26 Å². The Morgan fingerprint density at radius 1 is 1.35 bits per heavy atom. The zero-order chi connectivity index (χ0) is 13.4. The van der Waals surface area contributed by atoms with Crippen molar-refractivity contribution in [3.05, 3.63) is 25.4 Å². The molecule has 1 rings (SSSR count). The van der Waals surface area contributed by atoms with E-state index in [2.05, 4.69) is 9.97 Å². The molecule has 0 atom stereocenters. The van der Waals surface area contributed by atoms with Gasteiger partial charge >= 0.3 is 0 Å². The normalized spacial score (nSPS) is 12.8. The fourth-order valence-electron chi connectivity index (χ4n) is 1.32. The van der Waals surface area contributed by atoms with Crippen molar-refractivity contribution in [2.45, 2.75) is 31.9 Å². The molecule has 0 amide bonds. The van der Waals surface area contributed by atoms with Gasteiger partial charge in [0.15, 0.2) is 9.84 Å². The molecule has 0 aromatic carbocycles. The van der Waals surface area contributed by atoms with Gasteiger partial charge in [0.2, 0.25) is 0 Å². The smallest absolute Gasteiger partial charge is 0.264 e. The van der Waals surface area contributed by atoms with Crippen molar-refractivity contribution in [3.63, 3.8) is 0 Å². The quantitative estimate of drug-likeness (QED) is 0.794. The van der Waals surface area contributed by atoms with Crippen molar-refractivity contribution in [3.8, 4) is 0 Å². The summed E-state index contributed by atoms with van der Waals surface area (Å²) < 4.78 is 22.9. The first-order valence-electron chi connectivity index (χ1n) is 4.97. The second-order valence-corrected chi connectivity index (χ2v) is 8.21. The van der Waals surface area contributed by atoms with Crippen LogP contribution in [0, 0.1) is 3.57 Å². The Bertz CT molecular complexity index is 585. The first kappa shape index (κ1) is 14.6. The number of hydrogen-bond donors (Lipinski definition) is 1. The number of aromatic nitrogens is 2. The van der Waals surface area contributed by atoms with Crippen molar-refractivity contribution < 1.29 is 8.42 Å². The molecule has 0 aliphatic carbocycles. The molecule has 17 heavy (non-hydrogen) atoms. The second kappa shape index (κ2) is 4.68. The van der Waals surface area contributed by atoms with Crippen LogP contribution < -0.4 is 5.56 Å². The highest BCUT2D eigenvalue weighted by Crippen LogP contribution is 2.23. The molecule has 1 aromatic rings. The third-order valence-corrected chi connectivity index (χ3v) is 3.82. The van der Waals surface area contributed by atoms with Crippen LogP contribution in [0.1, 0.15) is 32.3 Å². The fraction of sp³-hybridized carbons (Fsp3) is 0.600. The van der Waals surface area contributed by atoms with Crippen LogP contribution in [-0.4, -0.2) is 24.6 Å². The average molecular weight is 370 g/mol. The van der Waals surface area contributed by atoms with E-state index in [-0.39, 0.29) is 22.6 Å². The highest BCUT2D eigenvalue weighted by atomic mass is 127. The summed E-state index contributed by atoms with van der Waals surface area (Å²) in [7, 11) is -3.20. The molecule has 96 valence electrons. The number of nitrogens with one attached hydrogen (secondary N) is 1. The van der Waals surface area contributed by atoms with Gasteiger partial charge in [-0.15, -0.1) is 0 Å². The van der Waals surface area contributed by atoms with Gasteiger partial charge in [-0.25, -0.2) is 13.4 Å². The molecule has 1 heterocycles. The van der Waals surface area contributed by atoms with Gasteiger partial charge in [-0.2, -0.15) is 0 Å². The summed E-state index contributed by atoms with van der Waals surface area (Å²) in [4.78, 5) is 18.4. The van der Waals surface area contributed by atoms with Gasteiger partial charge in [0.25, 0.3) is 5.56 Å². The highest BCUT2D eigenvalue weighted by molar-refractivity contribution is 14.1. The lowest BCUT2D eigenvalue weighted by Crippen LogP contribution is -2.26. The lowest BCUT2D eigenvalue weighted by atomic mass is 9.92. The van der Waals surface area contributed by atoms with Crippen LogP contribution >= 0.6 is 22.6 Å². The molecule has 0 fully saturated rings. The van der Waals surface area contributed by atoms with Crippen LogP contribution in [0.5, 0.6) is 0 Å². The largest absolute Gasteiger partial charge is 0.309 e. The molecule has 1 N–H and O–H groups in total. The van der Waals surface area contributed by atoms with E-state index in [9.17, 15) is 13.2 Å². The Kier molecular flexibility index (Phi) is 4.02. The Morgan fingerprint density at radius 3 is 2.29 bits per heavy atom. The summed E-state index contributed by atoms with van der Waals surface area (Å²) >= 11 is 1.93. The highest BCUT2D eigenvalue weighted by Gasteiger charge is 2.22. The lowest BCUT2D eigenvalue weighted by molar-refractivity contribution is 0.555.